The van der Waals surface area contributed by atoms with E-state index in [2.05, 4.69) is 4.98 Å². The summed E-state index contributed by atoms with van der Waals surface area (Å²) in [6.45, 7) is 3.79. The maximum atomic E-state index is 12.4. The Balaban J connectivity index is 2.13. The summed E-state index contributed by atoms with van der Waals surface area (Å²) in [7, 11) is 0. The highest BCUT2D eigenvalue weighted by molar-refractivity contribution is 5.96. The van der Waals surface area contributed by atoms with Crippen molar-refractivity contribution in [2.45, 2.75) is 32.7 Å². The van der Waals surface area contributed by atoms with Gasteiger partial charge in [-0.05, 0) is 25.3 Å². The molecule has 0 aromatic carbocycles. The van der Waals surface area contributed by atoms with E-state index in [1.807, 2.05) is 6.92 Å². The van der Waals surface area contributed by atoms with Crippen LogP contribution < -0.4 is 0 Å². The third-order valence-corrected chi connectivity index (χ3v) is 3.32. The Morgan fingerprint density at radius 1 is 1.50 bits per heavy atom. The monoisotopic (exact) mass is 250 g/mol. The molecule has 1 heterocycles. The van der Waals surface area contributed by atoms with Crippen molar-refractivity contribution in [3.05, 3.63) is 23.5 Å². The van der Waals surface area contributed by atoms with Crippen LogP contribution in [0.15, 0.2) is 12.4 Å². The van der Waals surface area contributed by atoms with E-state index in [0.717, 1.165) is 18.4 Å². The largest absolute Gasteiger partial charge is 0.481 e. The van der Waals surface area contributed by atoms with Crippen LogP contribution >= 0.6 is 0 Å². The number of carbonyl (C=O) groups excluding carboxylic acids is 1. The molecule has 0 bridgehead atoms. The molecule has 0 aliphatic heterocycles. The lowest BCUT2D eigenvalue weighted by Crippen LogP contribution is -2.38. The van der Waals surface area contributed by atoms with Gasteiger partial charge < -0.3 is 15.0 Å². The topological polar surface area (TPSA) is 73.4 Å². The average molecular weight is 250 g/mol. The fraction of sp³-hybridized carbons (Fsp3) is 0.538. The highest BCUT2D eigenvalue weighted by atomic mass is 16.4. The Kier molecular flexibility index (Phi) is 3.41. The molecular weight excluding hydrogens is 232 g/mol. The van der Waals surface area contributed by atoms with Crippen LogP contribution in [0, 0.1) is 12.8 Å². The summed E-state index contributed by atoms with van der Waals surface area (Å²) in [5.74, 6) is -1.46. The van der Waals surface area contributed by atoms with E-state index in [0.29, 0.717) is 5.56 Å². The Hall–Kier alpha value is -1.78. The van der Waals surface area contributed by atoms with Gasteiger partial charge in [0, 0.05) is 25.0 Å². The number of aryl methyl sites for hydroxylation is 1. The molecule has 2 rings (SSSR count). The van der Waals surface area contributed by atoms with Crippen LogP contribution in [0.1, 0.15) is 35.7 Å². The number of hydrogen-bond donors (Lipinski definition) is 2. The second-order valence-corrected chi connectivity index (χ2v) is 4.98. The summed E-state index contributed by atoms with van der Waals surface area (Å²) in [5, 5.41) is 8.96. The minimum atomic E-state index is -0.862. The zero-order chi connectivity index (χ0) is 13.3. The third-order valence-electron chi connectivity index (χ3n) is 3.32. The van der Waals surface area contributed by atoms with E-state index < -0.39 is 11.9 Å². The molecule has 1 saturated carbocycles. The first-order valence-electron chi connectivity index (χ1n) is 6.18. The van der Waals surface area contributed by atoms with Gasteiger partial charge in [0.25, 0.3) is 5.91 Å². The van der Waals surface area contributed by atoms with Crippen LogP contribution in [0.25, 0.3) is 0 Å². The number of aliphatic carboxylic acids is 1. The van der Waals surface area contributed by atoms with Crippen LogP contribution in [0.5, 0.6) is 0 Å². The van der Waals surface area contributed by atoms with Crippen molar-refractivity contribution in [1.29, 1.82) is 0 Å². The summed E-state index contributed by atoms with van der Waals surface area (Å²) in [6, 6.07) is 0.216. The maximum absolute atomic E-state index is 12.4. The van der Waals surface area contributed by atoms with Crippen molar-refractivity contribution in [1.82, 2.24) is 9.88 Å². The number of carboxylic acid groups (broad SMARTS) is 1. The Bertz CT molecular complexity index is 463. The van der Waals surface area contributed by atoms with Crippen LogP contribution in [0.3, 0.4) is 0 Å². The molecule has 1 unspecified atom stereocenters. The van der Waals surface area contributed by atoms with Gasteiger partial charge in [0.1, 0.15) is 0 Å². The van der Waals surface area contributed by atoms with Crippen molar-refractivity contribution in [2.75, 3.05) is 6.54 Å². The molecular formula is C13H18N2O3. The van der Waals surface area contributed by atoms with E-state index in [1.54, 1.807) is 24.2 Å². The molecule has 5 nitrogen and oxygen atoms in total. The zero-order valence-corrected chi connectivity index (χ0v) is 10.6. The number of aromatic nitrogens is 1. The van der Waals surface area contributed by atoms with Gasteiger partial charge in [-0.25, -0.2) is 0 Å². The van der Waals surface area contributed by atoms with Crippen molar-refractivity contribution in [3.63, 3.8) is 0 Å². The molecule has 0 saturated heterocycles. The van der Waals surface area contributed by atoms with Gasteiger partial charge in [0.2, 0.25) is 0 Å². The van der Waals surface area contributed by atoms with Crippen LogP contribution in [-0.4, -0.2) is 39.5 Å². The molecule has 1 fully saturated rings. The number of hydrogen-bond acceptors (Lipinski definition) is 2. The van der Waals surface area contributed by atoms with Gasteiger partial charge in [-0.2, -0.15) is 0 Å². The van der Waals surface area contributed by atoms with Gasteiger partial charge in [0.15, 0.2) is 0 Å². The maximum Gasteiger partial charge on any atom is 0.308 e. The quantitative estimate of drug-likeness (QED) is 0.834. The summed E-state index contributed by atoms with van der Waals surface area (Å²) < 4.78 is 0. The zero-order valence-electron chi connectivity index (χ0n) is 10.6. The Morgan fingerprint density at radius 3 is 2.61 bits per heavy atom. The molecule has 1 atom stereocenters. The van der Waals surface area contributed by atoms with Crippen molar-refractivity contribution < 1.29 is 14.7 Å². The van der Waals surface area contributed by atoms with Gasteiger partial charge >= 0.3 is 5.97 Å². The SMILES string of the molecule is Cc1c[nH]cc1C(=O)N(CC(C)C(=O)O)C1CC1. The second kappa shape index (κ2) is 4.84. The lowest BCUT2D eigenvalue weighted by atomic mass is 10.1. The number of aromatic amines is 1. The Morgan fingerprint density at radius 2 is 2.17 bits per heavy atom. The van der Waals surface area contributed by atoms with E-state index in [1.165, 1.54) is 0 Å². The predicted molar refractivity (Wildman–Crippen MR) is 66.4 cm³/mol. The first kappa shape index (κ1) is 12.7. The van der Waals surface area contributed by atoms with E-state index in [4.69, 9.17) is 5.11 Å². The van der Waals surface area contributed by atoms with Gasteiger partial charge in [0.05, 0.1) is 11.5 Å². The van der Waals surface area contributed by atoms with Crippen molar-refractivity contribution in [3.8, 4) is 0 Å². The molecule has 1 amide bonds. The highest BCUT2D eigenvalue weighted by Crippen LogP contribution is 2.29. The minimum absolute atomic E-state index is 0.0654. The molecule has 1 aliphatic rings. The Labute approximate surface area is 106 Å². The van der Waals surface area contributed by atoms with Gasteiger partial charge in [-0.1, -0.05) is 6.92 Å². The fourth-order valence-corrected chi connectivity index (χ4v) is 1.98. The fourth-order valence-electron chi connectivity index (χ4n) is 1.98. The molecule has 2 N–H and O–H groups in total. The smallest absolute Gasteiger partial charge is 0.308 e. The molecule has 0 radical (unpaired) electrons. The van der Waals surface area contributed by atoms with Crippen LogP contribution in [0.2, 0.25) is 0 Å². The lowest BCUT2D eigenvalue weighted by molar-refractivity contribution is -0.141. The summed E-state index contributed by atoms with van der Waals surface area (Å²) in [4.78, 5) is 27.9. The second-order valence-electron chi connectivity index (χ2n) is 4.98. The number of carboxylic acids is 1. The molecule has 1 aromatic heterocycles. The molecule has 5 heteroatoms. The first-order chi connectivity index (χ1) is 8.50. The number of amides is 1. The van der Waals surface area contributed by atoms with Gasteiger partial charge in [-0.3, -0.25) is 9.59 Å². The summed E-state index contributed by atoms with van der Waals surface area (Å²) in [5.41, 5.74) is 1.54. The van der Waals surface area contributed by atoms with Crippen LogP contribution in [0.4, 0.5) is 0 Å². The highest BCUT2D eigenvalue weighted by Gasteiger charge is 2.35. The first-order valence-corrected chi connectivity index (χ1v) is 6.18. The predicted octanol–water partition coefficient (Wildman–Crippen LogP) is 1.65. The average Bonchev–Trinajstić information content (AvgIpc) is 3.07. The van der Waals surface area contributed by atoms with Crippen molar-refractivity contribution in [2.24, 2.45) is 5.92 Å². The minimum Gasteiger partial charge on any atom is -0.481 e. The molecule has 0 spiro atoms. The van der Waals surface area contributed by atoms with E-state index >= 15 is 0 Å². The number of rotatable bonds is 5. The van der Waals surface area contributed by atoms with E-state index in [9.17, 15) is 9.59 Å². The number of nitrogens with zero attached hydrogens (tertiary/aromatic N) is 1. The summed E-state index contributed by atoms with van der Waals surface area (Å²) >= 11 is 0. The number of H-pyrrole nitrogens is 1. The molecule has 1 aliphatic carbocycles. The van der Waals surface area contributed by atoms with Gasteiger partial charge in [-0.15, -0.1) is 0 Å². The molecule has 1 aromatic rings. The number of carbonyl (C=O) groups is 2. The third kappa shape index (κ3) is 2.55. The van der Waals surface area contributed by atoms with Crippen molar-refractivity contribution >= 4 is 11.9 Å². The summed E-state index contributed by atoms with van der Waals surface area (Å²) in [6.07, 6.45) is 5.40. The van der Waals surface area contributed by atoms with E-state index in [-0.39, 0.29) is 18.5 Å². The number of nitrogens with one attached hydrogen (secondary N) is 1. The standard InChI is InChI=1S/C13H18N2O3/c1-8-5-14-6-11(8)12(16)15(10-3-4-10)7-9(2)13(17)18/h5-6,9-10,14H,3-4,7H2,1-2H3,(H,17,18). The molecule has 98 valence electrons. The normalized spacial score (nSPS) is 16.3. The molecule has 18 heavy (non-hydrogen) atoms. The lowest BCUT2D eigenvalue weighted by Gasteiger charge is -2.24. The van der Waals surface area contributed by atoms with Crippen LogP contribution in [-0.2, 0) is 4.79 Å².